The average molecular weight is 286 g/mol. The molecule has 6 heteroatoms. The molecule has 15 heavy (non-hydrogen) atoms. The van der Waals surface area contributed by atoms with Gasteiger partial charge in [-0.3, -0.25) is 9.59 Å². The Morgan fingerprint density at radius 3 is 2.27 bits per heavy atom. The quantitative estimate of drug-likeness (QED) is 0.756. The third kappa shape index (κ3) is 4.68. The van der Waals surface area contributed by atoms with Crippen LogP contribution >= 0.6 is 15.9 Å². The van der Waals surface area contributed by atoms with Gasteiger partial charge in [0, 0.05) is 0 Å². The molecule has 0 aliphatic heterocycles. The molecule has 0 saturated heterocycles. The van der Waals surface area contributed by atoms with Gasteiger partial charge in [-0.2, -0.15) is 8.78 Å². The Morgan fingerprint density at radius 2 is 1.93 bits per heavy atom. The van der Waals surface area contributed by atoms with Gasteiger partial charge in [0.2, 0.25) is 0 Å². The number of rotatable bonds is 6. The Labute approximate surface area is 95.7 Å². The molecule has 0 aromatic rings. The average Bonchev–Trinajstić information content (AvgIpc) is 2.23. The van der Waals surface area contributed by atoms with Gasteiger partial charge < -0.3 is 5.32 Å². The molecular formula is C9H14BrF2NO2. The molecule has 0 aliphatic rings. The zero-order valence-electron chi connectivity index (χ0n) is 8.60. The van der Waals surface area contributed by atoms with Crippen molar-refractivity contribution in [2.75, 3.05) is 5.33 Å². The summed E-state index contributed by atoms with van der Waals surface area (Å²) in [5.41, 5.74) is 0. The molecule has 0 fully saturated rings. The molecule has 3 nitrogen and oxygen atoms in total. The molecule has 0 saturated carbocycles. The van der Waals surface area contributed by atoms with Crippen LogP contribution in [-0.4, -0.2) is 29.5 Å². The van der Waals surface area contributed by atoms with Gasteiger partial charge in [-0.1, -0.05) is 36.2 Å². The smallest absolute Gasteiger partial charge is 0.315 e. The van der Waals surface area contributed by atoms with Crippen molar-refractivity contribution in [1.29, 1.82) is 0 Å². The van der Waals surface area contributed by atoms with Crippen LogP contribution in [0.1, 0.15) is 20.3 Å². The fraction of sp³-hybridized carbons (Fsp3) is 0.778. The van der Waals surface area contributed by atoms with Gasteiger partial charge in [-0.25, -0.2) is 0 Å². The largest absolute Gasteiger partial charge is 0.341 e. The van der Waals surface area contributed by atoms with E-state index in [2.05, 4.69) is 15.9 Å². The maximum atomic E-state index is 12.0. The van der Waals surface area contributed by atoms with E-state index in [4.69, 9.17) is 0 Å². The fourth-order valence-electron chi connectivity index (χ4n) is 1.08. The number of nitrogens with one attached hydrogen (secondary N) is 1. The lowest BCUT2D eigenvalue weighted by molar-refractivity contribution is -0.135. The minimum absolute atomic E-state index is 0.0471. The minimum atomic E-state index is -3.08. The number of Topliss-reactive ketones (excluding diaryl/α,β-unsaturated/α-hetero) is 1. The van der Waals surface area contributed by atoms with Gasteiger partial charge in [-0.05, 0) is 5.92 Å². The van der Waals surface area contributed by atoms with E-state index < -0.39 is 18.4 Å². The summed E-state index contributed by atoms with van der Waals surface area (Å²) >= 11 is 2.95. The van der Waals surface area contributed by atoms with E-state index in [-0.39, 0.29) is 17.0 Å². The van der Waals surface area contributed by atoms with Crippen molar-refractivity contribution in [2.45, 2.75) is 32.7 Å². The van der Waals surface area contributed by atoms with Crippen LogP contribution < -0.4 is 5.32 Å². The standard InChI is InChI=1S/C9H14BrF2NO2/c1-3-5(2)7(6(14)4-10)13-9(15)8(11)12/h5,7-8H,3-4H2,1-2H3,(H,13,15). The number of carbonyl (C=O) groups excluding carboxylic acids is 2. The highest BCUT2D eigenvalue weighted by Gasteiger charge is 2.27. The van der Waals surface area contributed by atoms with Crippen LogP contribution in [0.15, 0.2) is 0 Å². The predicted molar refractivity (Wildman–Crippen MR) is 56.2 cm³/mol. The van der Waals surface area contributed by atoms with Gasteiger partial charge in [0.1, 0.15) is 0 Å². The molecule has 1 N–H and O–H groups in total. The highest BCUT2D eigenvalue weighted by molar-refractivity contribution is 9.09. The number of hydrogen-bond donors (Lipinski definition) is 1. The van der Waals surface area contributed by atoms with Gasteiger partial charge in [0.15, 0.2) is 5.78 Å². The molecule has 2 unspecified atom stereocenters. The van der Waals surface area contributed by atoms with Gasteiger partial charge in [-0.15, -0.1) is 0 Å². The summed E-state index contributed by atoms with van der Waals surface area (Å²) in [6, 6.07) is -0.837. The molecule has 2 atom stereocenters. The Bertz CT molecular complexity index is 236. The summed E-state index contributed by atoms with van der Waals surface area (Å²) in [7, 11) is 0. The first-order chi connectivity index (χ1) is 6.93. The van der Waals surface area contributed by atoms with Crippen LogP contribution in [0.25, 0.3) is 0 Å². The molecule has 0 radical (unpaired) electrons. The van der Waals surface area contributed by atoms with Crippen LogP contribution in [0.4, 0.5) is 8.78 Å². The summed E-state index contributed by atoms with van der Waals surface area (Å²) in [4.78, 5) is 22.1. The number of amides is 1. The Hall–Kier alpha value is -0.520. The van der Waals surface area contributed by atoms with Crippen molar-refractivity contribution in [3.63, 3.8) is 0 Å². The minimum Gasteiger partial charge on any atom is -0.341 e. The second kappa shape index (κ2) is 6.87. The first kappa shape index (κ1) is 14.5. The summed E-state index contributed by atoms with van der Waals surface area (Å²) in [5, 5.41) is 2.10. The Kier molecular flexibility index (Phi) is 6.63. The molecule has 0 aliphatic carbocycles. The Morgan fingerprint density at radius 1 is 1.40 bits per heavy atom. The first-order valence-corrected chi connectivity index (χ1v) is 5.73. The molecule has 88 valence electrons. The summed E-state index contributed by atoms with van der Waals surface area (Å²) in [6.07, 6.45) is -2.45. The lowest BCUT2D eigenvalue weighted by Crippen LogP contribution is -2.47. The molecular weight excluding hydrogens is 272 g/mol. The Balaban J connectivity index is 4.51. The molecule has 1 amide bonds. The van der Waals surface area contributed by atoms with Crippen molar-refractivity contribution in [3.05, 3.63) is 0 Å². The zero-order chi connectivity index (χ0) is 12.0. The summed E-state index contributed by atoms with van der Waals surface area (Å²) in [6.45, 7) is 3.56. The van der Waals surface area contributed by atoms with E-state index in [1.54, 1.807) is 6.92 Å². The summed E-state index contributed by atoms with van der Waals surface area (Å²) in [5.74, 6) is -1.84. The molecule has 0 aromatic carbocycles. The monoisotopic (exact) mass is 285 g/mol. The molecule has 0 heterocycles. The number of hydrogen-bond acceptors (Lipinski definition) is 2. The normalized spacial score (nSPS) is 14.8. The first-order valence-electron chi connectivity index (χ1n) is 4.61. The highest BCUT2D eigenvalue weighted by Crippen LogP contribution is 2.10. The fourth-order valence-corrected chi connectivity index (χ4v) is 1.42. The third-order valence-electron chi connectivity index (χ3n) is 2.19. The van der Waals surface area contributed by atoms with Crippen LogP contribution in [0.3, 0.4) is 0 Å². The maximum absolute atomic E-state index is 12.0. The van der Waals surface area contributed by atoms with Crippen molar-refractivity contribution in [3.8, 4) is 0 Å². The second-order valence-electron chi connectivity index (χ2n) is 3.27. The molecule has 0 rings (SSSR count). The number of alkyl halides is 3. The maximum Gasteiger partial charge on any atom is 0.315 e. The van der Waals surface area contributed by atoms with Crippen molar-refractivity contribution in [1.82, 2.24) is 5.32 Å². The van der Waals surface area contributed by atoms with Crippen molar-refractivity contribution >= 4 is 27.6 Å². The van der Waals surface area contributed by atoms with E-state index in [1.165, 1.54) is 0 Å². The van der Waals surface area contributed by atoms with Gasteiger partial charge in [0.25, 0.3) is 5.91 Å². The van der Waals surface area contributed by atoms with Gasteiger partial charge in [0.05, 0.1) is 11.4 Å². The van der Waals surface area contributed by atoms with E-state index in [0.717, 1.165) is 0 Å². The summed E-state index contributed by atoms with van der Waals surface area (Å²) < 4.78 is 24.0. The van der Waals surface area contributed by atoms with Crippen LogP contribution in [0, 0.1) is 5.92 Å². The lowest BCUT2D eigenvalue weighted by atomic mass is 9.96. The molecule has 0 aromatic heterocycles. The molecule has 0 bridgehead atoms. The van der Waals surface area contributed by atoms with Crippen molar-refractivity contribution < 1.29 is 18.4 Å². The lowest BCUT2D eigenvalue weighted by Gasteiger charge is -2.22. The predicted octanol–water partition coefficient (Wildman–Crippen LogP) is 1.75. The third-order valence-corrected chi connectivity index (χ3v) is 2.74. The van der Waals surface area contributed by atoms with Crippen LogP contribution in [-0.2, 0) is 9.59 Å². The van der Waals surface area contributed by atoms with Crippen molar-refractivity contribution in [2.24, 2.45) is 5.92 Å². The number of ketones is 1. The topological polar surface area (TPSA) is 46.2 Å². The van der Waals surface area contributed by atoms with E-state index in [1.807, 2.05) is 12.2 Å². The number of carbonyl (C=O) groups is 2. The highest BCUT2D eigenvalue weighted by atomic mass is 79.9. The van der Waals surface area contributed by atoms with E-state index in [0.29, 0.717) is 6.42 Å². The molecule has 0 spiro atoms. The van der Waals surface area contributed by atoms with Crippen LogP contribution in [0.5, 0.6) is 0 Å². The second-order valence-corrected chi connectivity index (χ2v) is 3.83. The zero-order valence-corrected chi connectivity index (χ0v) is 10.2. The van der Waals surface area contributed by atoms with E-state index in [9.17, 15) is 18.4 Å². The van der Waals surface area contributed by atoms with E-state index >= 15 is 0 Å². The van der Waals surface area contributed by atoms with Gasteiger partial charge >= 0.3 is 6.43 Å². The number of halogens is 3. The van der Waals surface area contributed by atoms with Crippen LogP contribution in [0.2, 0.25) is 0 Å². The SMILES string of the molecule is CCC(C)C(NC(=O)C(F)F)C(=O)CBr.